The summed E-state index contributed by atoms with van der Waals surface area (Å²) in [6.45, 7) is 1.51. The fraction of sp³-hybridized carbons (Fsp3) is 0.467. The first-order chi connectivity index (χ1) is 10.2. The van der Waals surface area contributed by atoms with Crippen molar-refractivity contribution >= 4 is 11.8 Å². The lowest BCUT2D eigenvalue weighted by atomic mass is 10.1. The molecule has 6 nitrogen and oxygen atoms in total. The largest absolute Gasteiger partial charge is 0.350 e. The van der Waals surface area contributed by atoms with E-state index in [1.807, 2.05) is 24.3 Å². The molecule has 2 rings (SSSR count). The lowest BCUT2D eigenvalue weighted by molar-refractivity contribution is -0.137. The summed E-state index contributed by atoms with van der Waals surface area (Å²) in [5.74, 6) is -0.280. The molecule has 1 heterocycles. The average molecular weight is 290 g/mol. The summed E-state index contributed by atoms with van der Waals surface area (Å²) in [7, 11) is 0. The summed E-state index contributed by atoms with van der Waals surface area (Å²) in [6.07, 6.45) is 1.54. The van der Waals surface area contributed by atoms with Gasteiger partial charge in [-0.05, 0) is 24.0 Å². The molecule has 2 amide bonds. The molecular weight excluding hydrogens is 268 g/mol. The van der Waals surface area contributed by atoms with Crippen LogP contribution in [0.5, 0.6) is 0 Å². The number of likely N-dealkylation sites (tertiary alicyclic amines) is 1. The van der Waals surface area contributed by atoms with Crippen LogP contribution in [-0.2, 0) is 22.7 Å². The third-order valence-corrected chi connectivity index (χ3v) is 3.78. The van der Waals surface area contributed by atoms with Gasteiger partial charge in [-0.1, -0.05) is 24.3 Å². The SMILES string of the molecule is NCC(=O)N1CCC[C@H]1C(=O)NCc1ccc(CN)cc1. The average Bonchev–Trinajstić information content (AvgIpc) is 3.02. The Morgan fingerprint density at radius 2 is 1.86 bits per heavy atom. The highest BCUT2D eigenvalue weighted by Gasteiger charge is 2.33. The van der Waals surface area contributed by atoms with Crippen molar-refractivity contribution in [2.45, 2.75) is 32.0 Å². The summed E-state index contributed by atoms with van der Waals surface area (Å²) >= 11 is 0. The number of nitrogens with two attached hydrogens (primary N) is 2. The van der Waals surface area contributed by atoms with Gasteiger partial charge >= 0.3 is 0 Å². The van der Waals surface area contributed by atoms with Crippen molar-refractivity contribution in [3.8, 4) is 0 Å². The number of nitrogens with one attached hydrogen (secondary N) is 1. The standard InChI is InChI=1S/C15H22N4O2/c16-8-11-3-5-12(6-4-11)10-18-15(21)13-2-1-7-19(13)14(20)9-17/h3-6,13H,1-2,7-10,16-17H2,(H,18,21)/t13-/m0/s1. The molecule has 0 bridgehead atoms. The molecule has 1 saturated heterocycles. The van der Waals surface area contributed by atoms with Gasteiger partial charge in [0.15, 0.2) is 0 Å². The molecular formula is C15H22N4O2. The van der Waals surface area contributed by atoms with Gasteiger partial charge in [-0.3, -0.25) is 9.59 Å². The molecule has 21 heavy (non-hydrogen) atoms. The molecule has 0 spiro atoms. The van der Waals surface area contributed by atoms with Gasteiger partial charge in [-0.15, -0.1) is 0 Å². The van der Waals surface area contributed by atoms with Crippen molar-refractivity contribution in [2.24, 2.45) is 11.5 Å². The first-order valence-corrected chi connectivity index (χ1v) is 7.21. The van der Waals surface area contributed by atoms with Gasteiger partial charge < -0.3 is 21.7 Å². The van der Waals surface area contributed by atoms with Gasteiger partial charge in [0.2, 0.25) is 11.8 Å². The highest BCUT2D eigenvalue weighted by Crippen LogP contribution is 2.17. The molecule has 5 N–H and O–H groups in total. The Morgan fingerprint density at radius 1 is 1.19 bits per heavy atom. The molecule has 114 valence electrons. The van der Waals surface area contributed by atoms with E-state index in [-0.39, 0.29) is 24.4 Å². The third kappa shape index (κ3) is 3.80. The number of hydrogen-bond donors (Lipinski definition) is 3. The molecule has 1 aliphatic rings. The van der Waals surface area contributed by atoms with Crippen LogP contribution in [-0.4, -0.2) is 35.8 Å². The van der Waals surface area contributed by atoms with Crippen LogP contribution >= 0.6 is 0 Å². The maximum Gasteiger partial charge on any atom is 0.243 e. The van der Waals surface area contributed by atoms with Crippen LogP contribution in [0, 0.1) is 0 Å². The maximum absolute atomic E-state index is 12.2. The fourth-order valence-electron chi connectivity index (χ4n) is 2.56. The number of nitrogens with zero attached hydrogens (tertiary/aromatic N) is 1. The number of benzene rings is 1. The Morgan fingerprint density at radius 3 is 2.48 bits per heavy atom. The normalized spacial score (nSPS) is 17.8. The molecule has 0 radical (unpaired) electrons. The molecule has 1 atom stereocenters. The summed E-state index contributed by atoms with van der Waals surface area (Å²) in [4.78, 5) is 25.5. The van der Waals surface area contributed by atoms with Crippen LogP contribution in [0.15, 0.2) is 24.3 Å². The predicted octanol–water partition coefficient (Wildman–Crippen LogP) is -0.289. The van der Waals surface area contributed by atoms with E-state index in [0.29, 0.717) is 26.1 Å². The topological polar surface area (TPSA) is 101 Å². The van der Waals surface area contributed by atoms with Crippen molar-refractivity contribution in [3.05, 3.63) is 35.4 Å². The Balaban J connectivity index is 1.90. The quantitative estimate of drug-likeness (QED) is 0.693. The number of carbonyl (C=O) groups excluding carboxylic acids is 2. The van der Waals surface area contributed by atoms with Gasteiger partial charge in [0, 0.05) is 19.6 Å². The summed E-state index contributed by atoms with van der Waals surface area (Å²) < 4.78 is 0. The van der Waals surface area contributed by atoms with Gasteiger partial charge in [0.1, 0.15) is 6.04 Å². The molecule has 0 aromatic heterocycles. The smallest absolute Gasteiger partial charge is 0.243 e. The Kier molecular flexibility index (Phi) is 5.30. The van der Waals surface area contributed by atoms with Crippen LogP contribution in [0.2, 0.25) is 0 Å². The maximum atomic E-state index is 12.2. The molecule has 1 aliphatic heterocycles. The highest BCUT2D eigenvalue weighted by molar-refractivity contribution is 5.88. The molecule has 1 aromatic rings. The monoisotopic (exact) mass is 290 g/mol. The van der Waals surface area contributed by atoms with Crippen molar-refractivity contribution in [1.29, 1.82) is 0 Å². The highest BCUT2D eigenvalue weighted by atomic mass is 16.2. The van der Waals surface area contributed by atoms with E-state index in [2.05, 4.69) is 5.32 Å². The zero-order valence-corrected chi connectivity index (χ0v) is 12.0. The molecule has 6 heteroatoms. The van der Waals surface area contributed by atoms with Crippen LogP contribution in [0.4, 0.5) is 0 Å². The second-order valence-corrected chi connectivity index (χ2v) is 5.19. The number of rotatable bonds is 5. The second kappa shape index (κ2) is 7.19. The van der Waals surface area contributed by atoms with Crippen LogP contribution in [0.25, 0.3) is 0 Å². The van der Waals surface area contributed by atoms with E-state index in [1.165, 1.54) is 0 Å². The lowest BCUT2D eigenvalue weighted by Gasteiger charge is -2.23. The predicted molar refractivity (Wildman–Crippen MR) is 80.0 cm³/mol. The van der Waals surface area contributed by atoms with Crippen LogP contribution in [0.1, 0.15) is 24.0 Å². The third-order valence-electron chi connectivity index (χ3n) is 3.78. The minimum Gasteiger partial charge on any atom is -0.350 e. The Bertz CT molecular complexity index is 501. The zero-order valence-electron chi connectivity index (χ0n) is 12.0. The summed E-state index contributed by atoms with van der Waals surface area (Å²) in [5.41, 5.74) is 13.0. The molecule has 1 aromatic carbocycles. The summed E-state index contributed by atoms with van der Waals surface area (Å²) in [5, 5.41) is 2.88. The van der Waals surface area contributed by atoms with Crippen LogP contribution < -0.4 is 16.8 Å². The minimum atomic E-state index is -0.385. The second-order valence-electron chi connectivity index (χ2n) is 5.19. The van der Waals surface area contributed by atoms with E-state index in [0.717, 1.165) is 17.5 Å². The first kappa shape index (κ1) is 15.5. The molecule has 0 unspecified atom stereocenters. The van der Waals surface area contributed by atoms with Crippen molar-refractivity contribution < 1.29 is 9.59 Å². The van der Waals surface area contributed by atoms with Gasteiger partial charge in [-0.2, -0.15) is 0 Å². The molecule has 1 fully saturated rings. The Labute approximate surface area is 124 Å². The zero-order chi connectivity index (χ0) is 15.2. The van der Waals surface area contributed by atoms with Gasteiger partial charge in [0.05, 0.1) is 6.54 Å². The van der Waals surface area contributed by atoms with Gasteiger partial charge in [-0.25, -0.2) is 0 Å². The van der Waals surface area contributed by atoms with E-state index in [4.69, 9.17) is 11.5 Å². The molecule has 0 aliphatic carbocycles. The Hall–Kier alpha value is -1.92. The fourth-order valence-corrected chi connectivity index (χ4v) is 2.56. The summed E-state index contributed by atoms with van der Waals surface area (Å²) in [6, 6.07) is 7.40. The van der Waals surface area contributed by atoms with E-state index >= 15 is 0 Å². The van der Waals surface area contributed by atoms with Gasteiger partial charge in [0.25, 0.3) is 0 Å². The molecule has 0 saturated carbocycles. The van der Waals surface area contributed by atoms with Crippen LogP contribution in [0.3, 0.4) is 0 Å². The lowest BCUT2D eigenvalue weighted by Crippen LogP contribution is -2.47. The number of hydrogen-bond acceptors (Lipinski definition) is 4. The first-order valence-electron chi connectivity index (χ1n) is 7.21. The minimum absolute atomic E-state index is 0.0513. The van der Waals surface area contributed by atoms with Crippen molar-refractivity contribution in [1.82, 2.24) is 10.2 Å². The van der Waals surface area contributed by atoms with E-state index in [9.17, 15) is 9.59 Å². The van der Waals surface area contributed by atoms with Crippen molar-refractivity contribution in [3.63, 3.8) is 0 Å². The van der Waals surface area contributed by atoms with E-state index < -0.39 is 0 Å². The van der Waals surface area contributed by atoms with E-state index in [1.54, 1.807) is 4.90 Å². The number of amides is 2. The number of carbonyl (C=O) groups is 2. The van der Waals surface area contributed by atoms with Crippen molar-refractivity contribution in [2.75, 3.05) is 13.1 Å².